The van der Waals surface area contributed by atoms with Crippen molar-refractivity contribution in [2.45, 2.75) is 39.0 Å². The van der Waals surface area contributed by atoms with Gasteiger partial charge in [0.1, 0.15) is 5.75 Å². The van der Waals surface area contributed by atoms with Gasteiger partial charge in [-0.1, -0.05) is 37.3 Å². The second-order valence-electron chi connectivity index (χ2n) is 10.7. The molecular formula is C29H36N2O3. The van der Waals surface area contributed by atoms with Crippen LogP contribution >= 0.6 is 0 Å². The number of piperidine rings is 1. The summed E-state index contributed by atoms with van der Waals surface area (Å²) in [4.78, 5) is 30.5. The van der Waals surface area contributed by atoms with E-state index in [0.717, 1.165) is 43.7 Å². The molecule has 0 aromatic heterocycles. The normalized spacial score (nSPS) is 25.8. The Balaban J connectivity index is 1.18. The summed E-state index contributed by atoms with van der Waals surface area (Å²) in [6.07, 6.45) is 5.02. The first-order valence-electron chi connectivity index (χ1n) is 12.7. The fourth-order valence-electron chi connectivity index (χ4n) is 6.46. The molecule has 1 aliphatic carbocycles. The third-order valence-electron chi connectivity index (χ3n) is 8.62. The Kier molecular flexibility index (Phi) is 6.37. The lowest BCUT2D eigenvalue weighted by Crippen LogP contribution is -2.49. The number of hydrogen-bond donors (Lipinski definition) is 0. The van der Waals surface area contributed by atoms with E-state index < -0.39 is 0 Å². The van der Waals surface area contributed by atoms with Gasteiger partial charge in [-0.2, -0.15) is 0 Å². The van der Waals surface area contributed by atoms with Crippen LogP contribution in [0.15, 0.2) is 54.6 Å². The van der Waals surface area contributed by atoms with Gasteiger partial charge in [-0.15, -0.1) is 0 Å². The highest BCUT2D eigenvalue weighted by molar-refractivity contribution is 5.94. The molecule has 3 atom stereocenters. The molecule has 5 heteroatoms. The first kappa shape index (κ1) is 22.9. The van der Waals surface area contributed by atoms with Crippen molar-refractivity contribution in [3.8, 4) is 5.75 Å². The summed E-state index contributed by atoms with van der Waals surface area (Å²) in [5.41, 5.74) is 1.69. The smallest absolute Gasteiger partial charge is 0.253 e. The zero-order valence-electron chi connectivity index (χ0n) is 20.4. The van der Waals surface area contributed by atoms with Gasteiger partial charge in [-0.3, -0.25) is 9.59 Å². The van der Waals surface area contributed by atoms with E-state index in [-0.39, 0.29) is 11.3 Å². The lowest BCUT2D eigenvalue weighted by atomic mass is 9.78. The Morgan fingerprint density at radius 2 is 1.74 bits per heavy atom. The predicted molar refractivity (Wildman–Crippen MR) is 133 cm³/mol. The number of ether oxygens (including phenoxy) is 1. The first-order chi connectivity index (χ1) is 16.5. The molecule has 3 aliphatic rings. The van der Waals surface area contributed by atoms with Gasteiger partial charge in [-0.05, 0) is 79.7 Å². The number of nitrogens with zero attached hydrogens (tertiary/aromatic N) is 2. The Morgan fingerprint density at radius 1 is 0.971 bits per heavy atom. The molecule has 180 valence electrons. The van der Waals surface area contributed by atoms with Crippen LogP contribution in [0.3, 0.4) is 0 Å². The van der Waals surface area contributed by atoms with Crippen molar-refractivity contribution in [1.29, 1.82) is 0 Å². The summed E-state index contributed by atoms with van der Waals surface area (Å²) in [6.45, 7) is 5.20. The topological polar surface area (TPSA) is 49.9 Å². The molecule has 2 heterocycles. The van der Waals surface area contributed by atoms with Crippen molar-refractivity contribution in [2.75, 3.05) is 33.3 Å². The van der Waals surface area contributed by atoms with Crippen LogP contribution < -0.4 is 4.74 Å². The minimum absolute atomic E-state index is 0.0752. The molecule has 0 spiro atoms. The van der Waals surface area contributed by atoms with Crippen molar-refractivity contribution in [2.24, 2.45) is 23.2 Å². The summed E-state index contributed by atoms with van der Waals surface area (Å²) in [6, 6.07) is 17.9. The number of hydrogen-bond acceptors (Lipinski definition) is 3. The quantitative estimate of drug-likeness (QED) is 0.652. The minimum atomic E-state index is -0.367. The van der Waals surface area contributed by atoms with Crippen molar-refractivity contribution >= 4 is 11.8 Å². The van der Waals surface area contributed by atoms with Crippen LogP contribution in [0.25, 0.3) is 0 Å². The molecule has 2 amide bonds. The molecule has 34 heavy (non-hydrogen) atoms. The molecule has 2 aromatic rings. The van der Waals surface area contributed by atoms with Gasteiger partial charge < -0.3 is 14.5 Å². The fourth-order valence-corrected chi connectivity index (χ4v) is 6.46. The highest BCUT2D eigenvalue weighted by atomic mass is 16.5. The van der Waals surface area contributed by atoms with Crippen LogP contribution in [-0.4, -0.2) is 54.9 Å². The highest BCUT2D eigenvalue weighted by Gasteiger charge is 2.48. The predicted octanol–water partition coefficient (Wildman–Crippen LogP) is 4.66. The number of amides is 2. The summed E-state index contributed by atoms with van der Waals surface area (Å²) in [5, 5.41) is 0. The van der Waals surface area contributed by atoms with Gasteiger partial charge in [0.05, 0.1) is 7.11 Å². The van der Waals surface area contributed by atoms with Crippen LogP contribution in [0.4, 0.5) is 0 Å². The molecular weight excluding hydrogens is 424 g/mol. The molecule has 0 unspecified atom stereocenters. The highest BCUT2D eigenvalue weighted by Crippen LogP contribution is 2.45. The monoisotopic (exact) mass is 460 g/mol. The van der Waals surface area contributed by atoms with Gasteiger partial charge in [-0.25, -0.2) is 0 Å². The van der Waals surface area contributed by atoms with Crippen LogP contribution in [0.5, 0.6) is 5.75 Å². The maximum absolute atomic E-state index is 13.7. The zero-order chi connectivity index (χ0) is 23.7. The molecule has 1 saturated carbocycles. The van der Waals surface area contributed by atoms with E-state index in [0.29, 0.717) is 36.8 Å². The molecule has 3 fully saturated rings. The van der Waals surface area contributed by atoms with Gasteiger partial charge in [0.2, 0.25) is 5.91 Å². The Morgan fingerprint density at radius 3 is 2.47 bits per heavy atom. The lowest BCUT2D eigenvalue weighted by molar-refractivity contribution is -0.143. The Labute approximate surface area is 203 Å². The van der Waals surface area contributed by atoms with Crippen molar-refractivity contribution in [3.05, 3.63) is 65.7 Å². The summed E-state index contributed by atoms with van der Waals surface area (Å²) < 4.78 is 5.40. The molecule has 2 aliphatic heterocycles. The third kappa shape index (κ3) is 4.45. The van der Waals surface area contributed by atoms with Crippen LogP contribution in [0.2, 0.25) is 0 Å². The molecule has 0 N–H and O–H groups in total. The van der Waals surface area contributed by atoms with E-state index in [1.165, 1.54) is 18.4 Å². The second-order valence-corrected chi connectivity index (χ2v) is 10.7. The number of carbonyl (C=O) groups excluding carboxylic acids is 2. The summed E-state index contributed by atoms with van der Waals surface area (Å²) in [7, 11) is 1.72. The molecule has 2 aromatic carbocycles. The summed E-state index contributed by atoms with van der Waals surface area (Å²) >= 11 is 0. The number of benzene rings is 2. The first-order valence-corrected chi connectivity index (χ1v) is 12.7. The maximum atomic E-state index is 13.7. The van der Waals surface area contributed by atoms with Gasteiger partial charge in [0, 0.05) is 37.2 Å². The van der Waals surface area contributed by atoms with Gasteiger partial charge in [0.25, 0.3) is 5.91 Å². The largest absolute Gasteiger partial charge is 0.497 e. The molecule has 0 radical (unpaired) electrons. The molecule has 5 nitrogen and oxygen atoms in total. The Hall–Kier alpha value is -2.82. The van der Waals surface area contributed by atoms with Crippen molar-refractivity contribution in [3.63, 3.8) is 0 Å². The van der Waals surface area contributed by atoms with E-state index >= 15 is 0 Å². The number of likely N-dealkylation sites (tertiary alicyclic amines) is 2. The average molecular weight is 461 g/mol. The molecule has 0 bridgehead atoms. The number of carbonyl (C=O) groups is 2. The average Bonchev–Trinajstić information content (AvgIpc) is 3.46. The van der Waals surface area contributed by atoms with Crippen molar-refractivity contribution in [1.82, 2.24) is 9.80 Å². The maximum Gasteiger partial charge on any atom is 0.253 e. The lowest BCUT2D eigenvalue weighted by Gasteiger charge is -2.40. The van der Waals surface area contributed by atoms with Gasteiger partial charge >= 0.3 is 0 Å². The number of fused-ring (bicyclic) bond motifs is 1. The fraction of sp³-hybridized carbons (Fsp3) is 0.517. The minimum Gasteiger partial charge on any atom is -0.497 e. The van der Waals surface area contributed by atoms with Crippen molar-refractivity contribution < 1.29 is 14.3 Å². The van der Waals surface area contributed by atoms with E-state index in [1.807, 2.05) is 41.3 Å². The standard InChI is InChI=1S/C29H36N2O3/c1-29(13-15-30(16-14-29)27(32)22-8-4-3-5-9-22)28(33)31-19-24-12-11-23(26(24)20-31)17-21-7-6-10-25(18-21)34-2/h3-10,18,23-24,26H,11-17,19-20H2,1-2H3/t23-,24-,26-/m1/s1. The van der Waals surface area contributed by atoms with Crippen LogP contribution in [-0.2, 0) is 11.2 Å². The van der Waals surface area contributed by atoms with E-state index in [4.69, 9.17) is 4.74 Å². The Bertz CT molecular complexity index is 1030. The summed E-state index contributed by atoms with van der Waals surface area (Å²) in [5.74, 6) is 3.15. The molecule has 2 saturated heterocycles. The SMILES string of the molecule is COc1cccc(C[C@H]2CC[C@@H]3CN(C(=O)C4(C)CCN(C(=O)c5ccccc5)CC4)C[C@H]23)c1. The molecule has 5 rings (SSSR count). The number of methoxy groups -OCH3 is 1. The van der Waals surface area contributed by atoms with E-state index in [9.17, 15) is 9.59 Å². The number of rotatable bonds is 5. The van der Waals surface area contributed by atoms with Crippen LogP contribution in [0.1, 0.15) is 48.5 Å². The third-order valence-corrected chi connectivity index (χ3v) is 8.62. The second kappa shape index (κ2) is 9.44. The van der Waals surface area contributed by atoms with E-state index in [1.54, 1.807) is 7.11 Å². The zero-order valence-corrected chi connectivity index (χ0v) is 20.4. The van der Waals surface area contributed by atoms with E-state index in [2.05, 4.69) is 30.0 Å². The van der Waals surface area contributed by atoms with Crippen LogP contribution in [0, 0.1) is 23.2 Å². The van der Waals surface area contributed by atoms with Gasteiger partial charge in [0.15, 0.2) is 0 Å².